The SMILES string of the molecule is O=C(c1[nH]c2ccccc2c1C1CC1)N1CCC(C2CCOCC2)C1. The van der Waals surface area contributed by atoms with E-state index in [0.29, 0.717) is 11.8 Å². The number of benzene rings is 1. The minimum Gasteiger partial charge on any atom is -0.381 e. The van der Waals surface area contributed by atoms with Crippen LogP contribution < -0.4 is 0 Å². The van der Waals surface area contributed by atoms with Gasteiger partial charge in [-0.3, -0.25) is 4.79 Å². The highest BCUT2D eigenvalue weighted by Crippen LogP contribution is 2.45. The smallest absolute Gasteiger partial charge is 0.270 e. The average molecular weight is 338 g/mol. The van der Waals surface area contributed by atoms with Gasteiger partial charge >= 0.3 is 0 Å². The van der Waals surface area contributed by atoms with Crippen LogP contribution in [0.25, 0.3) is 10.9 Å². The number of fused-ring (bicyclic) bond motifs is 1. The van der Waals surface area contributed by atoms with Crippen LogP contribution in [0.1, 0.15) is 54.1 Å². The number of likely N-dealkylation sites (tertiary alicyclic amines) is 1. The minimum absolute atomic E-state index is 0.215. The van der Waals surface area contributed by atoms with Gasteiger partial charge in [-0.15, -0.1) is 0 Å². The summed E-state index contributed by atoms with van der Waals surface area (Å²) in [7, 11) is 0. The van der Waals surface area contributed by atoms with Gasteiger partial charge in [0.15, 0.2) is 0 Å². The van der Waals surface area contributed by atoms with E-state index in [9.17, 15) is 4.79 Å². The zero-order chi connectivity index (χ0) is 16.8. The molecule has 2 aliphatic heterocycles. The Bertz CT molecular complexity index is 786. The molecule has 2 aromatic rings. The van der Waals surface area contributed by atoms with E-state index in [1.807, 2.05) is 6.07 Å². The molecule has 1 aliphatic carbocycles. The molecule has 3 heterocycles. The van der Waals surface area contributed by atoms with E-state index in [-0.39, 0.29) is 5.91 Å². The first kappa shape index (κ1) is 15.4. The van der Waals surface area contributed by atoms with Gasteiger partial charge in [0, 0.05) is 37.2 Å². The van der Waals surface area contributed by atoms with Crippen LogP contribution in [0.2, 0.25) is 0 Å². The van der Waals surface area contributed by atoms with Gasteiger partial charge in [0.05, 0.1) is 0 Å². The maximum absolute atomic E-state index is 13.3. The standard InChI is InChI=1S/C21H26N2O2/c24-21(23-10-7-16(13-23)14-8-11-25-12-9-14)20-19(15-5-6-15)17-3-1-2-4-18(17)22-20/h1-4,14-16,22H,5-13H2. The zero-order valence-corrected chi connectivity index (χ0v) is 14.7. The van der Waals surface area contributed by atoms with Crippen molar-refractivity contribution in [3.05, 3.63) is 35.5 Å². The maximum Gasteiger partial charge on any atom is 0.270 e. The molecular weight excluding hydrogens is 312 g/mol. The monoisotopic (exact) mass is 338 g/mol. The molecule has 25 heavy (non-hydrogen) atoms. The fourth-order valence-corrected chi connectivity index (χ4v) is 4.83. The second kappa shape index (κ2) is 6.17. The van der Waals surface area contributed by atoms with Gasteiger partial charge in [-0.25, -0.2) is 0 Å². The topological polar surface area (TPSA) is 45.3 Å². The summed E-state index contributed by atoms with van der Waals surface area (Å²) in [5.74, 6) is 2.18. The molecule has 4 heteroatoms. The highest BCUT2D eigenvalue weighted by Gasteiger charge is 2.37. The summed E-state index contributed by atoms with van der Waals surface area (Å²) in [4.78, 5) is 18.8. The zero-order valence-electron chi connectivity index (χ0n) is 14.7. The Morgan fingerprint density at radius 2 is 1.84 bits per heavy atom. The van der Waals surface area contributed by atoms with Crippen LogP contribution in [0, 0.1) is 11.8 Å². The van der Waals surface area contributed by atoms with Crippen LogP contribution in [0.3, 0.4) is 0 Å². The maximum atomic E-state index is 13.3. The van der Waals surface area contributed by atoms with Gasteiger partial charge in [0.2, 0.25) is 0 Å². The van der Waals surface area contributed by atoms with Crippen molar-refractivity contribution in [1.82, 2.24) is 9.88 Å². The van der Waals surface area contributed by atoms with Crippen LogP contribution in [0.4, 0.5) is 0 Å². The predicted octanol–water partition coefficient (Wildman–Crippen LogP) is 3.93. The molecule has 1 saturated carbocycles. The molecule has 5 rings (SSSR count). The van der Waals surface area contributed by atoms with E-state index in [4.69, 9.17) is 4.74 Å². The van der Waals surface area contributed by atoms with E-state index in [1.54, 1.807) is 0 Å². The molecule has 0 spiro atoms. The molecule has 0 bridgehead atoms. The second-order valence-corrected chi connectivity index (χ2v) is 7.98. The Morgan fingerprint density at radius 1 is 1.04 bits per heavy atom. The van der Waals surface area contributed by atoms with Crippen molar-refractivity contribution < 1.29 is 9.53 Å². The lowest BCUT2D eigenvalue weighted by atomic mass is 9.85. The molecule has 1 unspecified atom stereocenters. The number of hydrogen-bond acceptors (Lipinski definition) is 2. The van der Waals surface area contributed by atoms with Gasteiger partial charge in [0.25, 0.3) is 5.91 Å². The number of nitrogens with one attached hydrogen (secondary N) is 1. The van der Waals surface area contributed by atoms with Crippen molar-refractivity contribution in [2.45, 2.75) is 38.0 Å². The Morgan fingerprint density at radius 3 is 2.64 bits per heavy atom. The van der Waals surface area contributed by atoms with E-state index >= 15 is 0 Å². The van der Waals surface area contributed by atoms with Gasteiger partial charge in [0.1, 0.15) is 5.69 Å². The average Bonchev–Trinajstić information content (AvgIpc) is 3.24. The number of amides is 1. The predicted molar refractivity (Wildman–Crippen MR) is 97.8 cm³/mol. The number of hydrogen-bond donors (Lipinski definition) is 1. The lowest BCUT2D eigenvalue weighted by Gasteiger charge is -2.27. The molecule has 3 fully saturated rings. The van der Waals surface area contributed by atoms with Gasteiger partial charge in [-0.2, -0.15) is 0 Å². The molecule has 4 nitrogen and oxygen atoms in total. The first-order chi connectivity index (χ1) is 12.3. The van der Waals surface area contributed by atoms with Crippen LogP contribution in [-0.4, -0.2) is 42.1 Å². The quantitative estimate of drug-likeness (QED) is 0.921. The van der Waals surface area contributed by atoms with Gasteiger partial charge < -0.3 is 14.6 Å². The molecule has 1 aromatic heterocycles. The Kier molecular flexibility index (Phi) is 3.81. The van der Waals surface area contributed by atoms with Crippen LogP contribution in [-0.2, 0) is 4.74 Å². The minimum atomic E-state index is 0.215. The summed E-state index contributed by atoms with van der Waals surface area (Å²) >= 11 is 0. The van der Waals surface area contributed by atoms with Gasteiger partial charge in [-0.05, 0) is 61.5 Å². The summed E-state index contributed by atoms with van der Waals surface area (Å²) in [6.07, 6.45) is 5.90. The number of rotatable bonds is 3. The van der Waals surface area contributed by atoms with E-state index in [1.165, 1.54) is 23.8 Å². The summed E-state index contributed by atoms with van der Waals surface area (Å²) in [5, 5.41) is 1.24. The number of aromatic nitrogens is 1. The molecule has 2 saturated heterocycles. The normalized spacial score (nSPS) is 25.0. The second-order valence-electron chi connectivity index (χ2n) is 7.98. The third-order valence-corrected chi connectivity index (χ3v) is 6.39. The van der Waals surface area contributed by atoms with Crippen molar-refractivity contribution in [3.63, 3.8) is 0 Å². The number of nitrogens with zero attached hydrogens (tertiary/aromatic N) is 1. The first-order valence-electron chi connectivity index (χ1n) is 9.79. The Labute approximate surface area is 148 Å². The lowest BCUT2D eigenvalue weighted by Crippen LogP contribution is -2.31. The van der Waals surface area contributed by atoms with Crippen molar-refractivity contribution in [2.24, 2.45) is 11.8 Å². The van der Waals surface area contributed by atoms with E-state index in [2.05, 4.69) is 28.1 Å². The molecule has 132 valence electrons. The number of H-pyrrole nitrogens is 1. The van der Waals surface area contributed by atoms with Crippen molar-refractivity contribution in [3.8, 4) is 0 Å². The van der Waals surface area contributed by atoms with Crippen molar-refractivity contribution in [1.29, 1.82) is 0 Å². The Balaban J connectivity index is 1.39. The third-order valence-electron chi connectivity index (χ3n) is 6.39. The van der Waals surface area contributed by atoms with Crippen molar-refractivity contribution in [2.75, 3.05) is 26.3 Å². The molecular formula is C21H26N2O2. The number of ether oxygens (including phenoxy) is 1. The van der Waals surface area contributed by atoms with Crippen molar-refractivity contribution >= 4 is 16.8 Å². The first-order valence-corrected chi connectivity index (χ1v) is 9.79. The summed E-state index contributed by atoms with van der Waals surface area (Å²) in [6.45, 7) is 3.61. The molecule has 1 amide bonds. The lowest BCUT2D eigenvalue weighted by molar-refractivity contribution is 0.0471. The van der Waals surface area contributed by atoms with Gasteiger partial charge in [-0.1, -0.05) is 18.2 Å². The largest absolute Gasteiger partial charge is 0.381 e. The summed E-state index contributed by atoms with van der Waals surface area (Å²) < 4.78 is 5.50. The number of para-hydroxylation sites is 1. The molecule has 3 aliphatic rings. The number of carbonyl (C=O) groups is 1. The van der Waals surface area contributed by atoms with Crippen LogP contribution in [0.15, 0.2) is 24.3 Å². The Hall–Kier alpha value is -1.81. The summed E-state index contributed by atoms with van der Waals surface area (Å²) in [5.41, 5.74) is 3.24. The highest BCUT2D eigenvalue weighted by atomic mass is 16.5. The third kappa shape index (κ3) is 2.77. The molecule has 1 atom stereocenters. The molecule has 0 radical (unpaired) electrons. The highest BCUT2D eigenvalue weighted by molar-refractivity contribution is 6.01. The molecule has 1 N–H and O–H groups in total. The van der Waals surface area contributed by atoms with Crippen LogP contribution >= 0.6 is 0 Å². The fourth-order valence-electron chi connectivity index (χ4n) is 4.83. The van der Waals surface area contributed by atoms with E-state index in [0.717, 1.165) is 62.7 Å². The molecule has 1 aromatic carbocycles. The fraction of sp³-hybridized carbons (Fsp3) is 0.571. The van der Waals surface area contributed by atoms with E-state index < -0.39 is 0 Å². The summed E-state index contributed by atoms with van der Waals surface area (Å²) in [6, 6.07) is 8.37. The number of aromatic amines is 1. The van der Waals surface area contributed by atoms with Crippen LogP contribution in [0.5, 0.6) is 0 Å². The number of carbonyl (C=O) groups excluding carboxylic acids is 1.